The molecule has 0 fully saturated rings. The summed E-state index contributed by atoms with van der Waals surface area (Å²) in [6.07, 6.45) is 0. The Hall–Kier alpha value is -1.96. The number of benzene rings is 4. The van der Waals surface area contributed by atoms with Crippen LogP contribution in [0.25, 0.3) is 0 Å². The van der Waals surface area contributed by atoms with Gasteiger partial charge in [0.25, 0.3) is 0 Å². The van der Waals surface area contributed by atoms with E-state index >= 15 is 0 Å². The van der Waals surface area contributed by atoms with Crippen LogP contribution in [0.1, 0.15) is 16.7 Å². The van der Waals surface area contributed by atoms with Gasteiger partial charge in [0.05, 0.1) is 0 Å². The van der Waals surface area contributed by atoms with Crippen molar-refractivity contribution < 1.29 is 0 Å². The normalized spacial score (nSPS) is 12.9. The standard InChI is InChI=1S/C27H26IP/c1-21-13-7-10-18-25(21)29(28,24-16-5-4-6-17-24,26-19-11-8-14-22(26)2)27-20-12-9-15-23(27)3/h4-20H,1-3H3. The summed E-state index contributed by atoms with van der Waals surface area (Å²) >= 11 is 2.88. The topological polar surface area (TPSA) is 0 Å². The second-order valence-corrected chi connectivity index (χ2v) is 17.5. The molecule has 0 saturated carbocycles. The van der Waals surface area contributed by atoms with Crippen molar-refractivity contribution in [3.05, 3.63) is 120 Å². The van der Waals surface area contributed by atoms with Crippen molar-refractivity contribution in [2.24, 2.45) is 0 Å². The molecule has 4 rings (SSSR count). The van der Waals surface area contributed by atoms with E-state index in [2.05, 4.69) is 146 Å². The number of halogens is 1. The van der Waals surface area contributed by atoms with Gasteiger partial charge < -0.3 is 0 Å². The molecule has 0 aliphatic rings. The molecule has 4 aromatic carbocycles. The van der Waals surface area contributed by atoms with Crippen molar-refractivity contribution in [2.45, 2.75) is 20.8 Å². The van der Waals surface area contributed by atoms with E-state index in [9.17, 15) is 0 Å². The Morgan fingerprint density at radius 2 is 0.759 bits per heavy atom. The Morgan fingerprint density at radius 1 is 0.448 bits per heavy atom. The van der Waals surface area contributed by atoms with Gasteiger partial charge in [0, 0.05) is 0 Å². The van der Waals surface area contributed by atoms with Crippen LogP contribution in [-0.4, -0.2) is 0 Å². The Balaban J connectivity index is 2.34. The first-order chi connectivity index (χ1) is 14.0. The molecule has 0 aliphatic carbocycles. The monoisotopic (exact) mass is 508 g/mol. The van der Waals surface area contributed by atoms with Crippen LogP contribution in [0.4, 0.5) is 0 Å². The minimum atomic E-state index is -2.99. The van der Waals surface area contributed by atoms with Gasteiger partial charge in [-0.3, -0.25) is 0 Å². The number of hydrogen-bond donors (Lipinski definition) is 0. The van der Waals surface area contributed by atoms with Crippen LogP contribution in [-0.2, 0) is 0 Å². The molecule has 0 heterocycles. The van der Waals surface area contributed by atoms with Crippen LogP contribution < -0.4 is 21.2 Å². The van der Waals surface area contributed by atoms with Crippen molar-refractivity contribution in [2.75, 3.05) is 0 Å². The molecule has 0 nitrogen and oxygen atoms in total. The zero-order valence-electron chi connectivity index (χ0n) is 17.1. The van der Waals surface area contributed by atoms with Crippen LogP contribution >= 0.6 is 26.3 Å². The molecule has 0 N–H and O–H groups in total. The molecule has 0 atom stereocenters. The molecular weight excluding hydrogens is 482 g/mol. The molecule has 0 radical (unpaired) electrons. The molecule has 2 heteroatoms. The molecule has 0 aromatic heterocycles. The Labute approximate surface area is 187 Å². The number of hydrogen-bond acceptors (Lipinski definition) is 0. The average molecular weight is 508 g/mol. The van der Waals surface area contributed by atoms with Crippen molar-refractivity contribution in [3.63, 3.8) is 0 Å². The first-order valence-corrected chi connectivity index (χ1v) is 15.0. The molecule has 146 valence electrons. The summed E-state index contributed by atoms with van der Waals surface area (Å²) in [4.78, 5) is 0. The van der Waals surface area contributed by atoms with E-state index < -0.39 is 4.25 Å². The summed E-state index contributed by atoms with van der Waals surface area (Å²) < 4.78 is -2.99. The van der Waals surface area contributed by atoms with Gasteiger partial charge in [-0.2, -0.15) is 0 Å². The molecule has 0 spiro atoms. The molecule has 0 saturated heterocycles. The molecule has 0 aliphatic heterocycles. The quantitative estimate of drug-likeness (QED) is 0.230. The summed E-state index contributed by atoms with van der Waals surface area (Å²) in [6.45, 7) is 6.78. The van der Waals surface area contributed by atoms with Crippen LogP contribution in [0, 0.1) is 20.8 Å². The number of rotatable bonds is 4. The van der Waals surface area contributed by atoms with Crippen LogP contribution in [0.15, 0.2) is 103 Å². The summed E-state index contributed by atoms with van der Waals surface area (Å²) in [5, 5.41) is 5.72. The second-order valence-electron chi connectivity index (χ2n) is 7.70. The first-order valence-electron chi connectivity index (χ1n) is 9.96. The molecule has 0 bridgehead atoms. The predicted molar refractivity (Wildman–Crippen MR) is 139 cm³/mol. The van der Waals surface area contributed by atoms with Gasteiger partial charge in [-0.1, -0.05) is 0 Å². The zero-order valence-corrected chi connectivity index (χ0v) is 20.2. The zero-order chi connectivity index (χ0) is 20.5. The fraction of sp³-hybridized carbons (Fsp3) is 0.111. The van der Waals surface area contributed by atoms with E-state index in [1.54, 1.807) is 0 Å². The van der Waals surface area contributed by atoms with Crippen molar-refractivity contribution >= 4 is 47.5 Å². The van der Waals surface area contributed by atoms with Crippen molar-refractivity contribution in [3.8, 4) is 0 Å². The van der Waals surface area contributed by atoms with Crippen LogP contribution in [0.2, 0.25) is 0 Å². The van der Waals surface area contributed by atoms with E-state index in [4.69, 9.17) is 0 Å². The fourth-order valence-corrected chi connectivity index (χ4v) is 16.1. The van der Waals surface area contributed by atoms with E-state index in [-0.39, 0.29) is 0 Å². The van der Waals surface area contributed by atoms with Gasteiger partial charge in [-0.25, -0.2) is 0 Å². The Kier molecular flexibility index (Phi) is 5.40. The Morgan fingerprint density at radius 3 is 1.10 bits per heavy atom. The average Bonchev–Trinajstić information content (AvgIpc) is 2.75. The van der Waals surface area contributed by atoms with Gasteiger partial charge in [-0.15, -0.1) is 0 Å². The third-order valence-corrected chi connectivity index (χ3v) is 17.8. The summed E-state index contributed by atoms with van der Waals surface area (Å²) in [5.41, 5.74) is 4.03. The van der Waals surface area contributed by atoms with Crippen molar-refractivity contribution in [1.82, 2.24) is 0 Å². The number of aryl methyl sites for hydroxylation is 3. The maximum absolute atomic E-state index is 2.99. The van der Waals surface area contributed by atoms with Gasteiger partial charge in [0.2, 0.25) is 0 Å². The first kappa shape index (κ1) is 20.3. The second kappa shape index (κ2) is 7.70. The van der Waals surface area contributed by atoms with Crippen LogP contribution in [0.5, 0.6) is 0 Å². The molecule has 0 unspecified atom stereocenters. The van der Waals surface area contributed by atoms with Crippen LogP contribution in [0.3, 0.4) is 0 Å². The Bertz CT molecular complexity index is 1050. The summed E-state index contributed by atoms with van der Waals surface area (Å²) in [7, 11) is 0. The summed E-state index contributed by atoms with van der Waals surface area (Å²) in [5.74, 6) is 0. The maximum atomic E-state index is 2.88. The SMILES string of the molecule is Cc1ccccc1P(I)(c1ccccc1)(c1ccccc1C)c1ccccc1C. The summed E-state index contributed by atoms with van der Waals surface area (Å²) in [6, 6.07) is 38.0. The van der Waals surface area contributed by atoms with E-state index in [0.29, 0.717) is 0 Å². The van der Waals surface area contributed by atoms with E-state index in [1.165, 1.54) is 37.9 Å². The minimum absolute atomic E-state index is 1.34. The molecule has 29 heavy (non-hydrogen) atoms. The fourth-order valence-electron chi connectivity index (χ4n) is 4.62. The van der Waals surface area contributed by atoms with E-state index in [1.807, 2.05) is 0 Å². The predicted octanol–water partition coefficient (Wildman–Crippen LogP) is 6.12. The van der Waals surface area contributed by atoms with Gasteiger partial charge in [0.15, 0.2) is 0 Å². The molecule has 4 aromatic rings. The van der Waals surface area contributed by atoms with Gasteiger partial charge >= 0.3 is 188 Å². The van der Waals surface area contributed by atoms with Gasteiger partial charge in [-0.05, 0) is 0 Å². The third-order valence-electron chi connectivity index (χ3n) is 5.94. The van der Waals surface area contributed by atoms with Crippen molar-refractivity contribution in [1.29, 1.82) is 0 Å². The molecule has 0 amide bonds. The third kappa shape index (κ3) is 2.98. The molecular formula is C27H26IP. The van der Waals surface area contributed by atoms with Gasteiger partial charge in [0.1, 0.15) is 0 Å². The van der Waals surface area contributed by atoms with E-state index in [0.717, 1.165) is 0 Å².